The Hall–Kier alpha value is -0.530. The van der Waals surface area contributed by atoms with Crippen LogP contribution in [0.2, 0.25) is 0 Å². The van der Waals surface area contributed by atoms with Gasteiger partial charge in [-0.15, -0.1) is 0 Å². The molecule has 1 N–H and O–H groups in total. The van der Waals surface area contributed by atoms with Crippen molar-refractivity contribution in [3.8, 4) is 0 Å². The number of nitrogens with zero attached hydrogens (tertiary/aromatic N) is 1. The van der Waals surface area contributed by atoms with E-state index in [2.05, 4.69) is 25.7 Å². The molecule has 1 unspecified atom stereocenters. The Balaban J connectivity index is 2.54. The summed E-state index contributed by atoms with van der Waals surface area (Å²) in [4.78, 5) is 2.29. The lowest BCUT2D eigenvalue weighted by Crippen LogP contribution is -2.41. The van der Waals surface area contributed by atoms with Gasteiger partial charge in [-0.1, -0.05) is 26.2 Å². The largest absolute Gasteiger partial charge is 0.358 e. The number of amidine groups is 1. The lowest BCUT2D eigenvalue weighted by atomic mass is 9.87. The third-order valence-corrected chi connectivity index (χ3v) is 3.76. The topological polar surface area (TPSA) is 27.1 Å². The summed E-state index contributed by atoms with van der Waals surface area (Å²) >= 11 is 0. The molecule has 1 fully saturated rings. The van der Waals surface area contributed by atoms with Crippen molar-refractivity contribution in [3.05, 3.63) is 0 Å². The van der Waals surface area contributed by atoms with Crippen LogP contribution in [-0.4, -0.2) is 23.3 Å². The van der Waals surface area contributed by atoms with Gasteiger partial charge in [0.1, 0.15) is 0 Å². The van der Waals surface area contributed by atoms with Crippen LogP contribution in [0.1, 0.15) is 59.3 Å². The molecule has 0 amide bonds. The summed E-state index contributed by atoms with van der Waals surface area (Å²) in [7, 11) is 0. The van der Waals surface area contributed by atoms with Gasteiger partial charge in [0.15, 0.2) is 0 Å². The maximum absolute atomic E-state index is 8.30. The summed E-state index contributed by atoms with van der Waals surface area (Å²) in [6.07, 6.45) is 7.65. The van der Waals surface area contributed by atoms with E-state index in [0.29, 0.717) is 12.0 Å². The van der Waals surface area contributed by atoms with E-state index in [1.54, 1.807) is 0 Å². The predicted molar refractivity (Wildman–Crippen MR) is 66.4 cm³/mol. The summed E-state index contributed by atoms with van der Waals surface area (Å²) in [5.41, 5.74) is 0. The zero-order chi connectivity index (χ0) is 11.3. The van der Waals surface area contributed by atoms with Gasteiger partial charge in [0, 0.05) is 18.5 Å². The lowest BCUT2D eigenvalue weighted by Gasteiger charge is -2.35. The molecule has 0 saturated heterocycles. The summed E-state index contributed by atoms with van der Waals surface area (Å²) in [6, 6.07) is 0.532. The summed E-state index contributed by atoms with van der Waals surface area (Å²) in [5.74, 6) is 1.46. The normalized spacial score (nSPS) is 19.9. The number of rotatable bonds is 4. The molecule has 1 rings (SSSR count). The second-order valence-corrected chi connectivity index (χ2v) is 4.76. The molecule has 0 heterocycles. The van der Waals surface area contributed by atoms with Crippen LogP contribution in [0.25, 0.3) is 0 Å². The maximum Gasteiger partial charge on any atom is 0.0991 e. The zero-order valence-corrected chi connectivity index (χ0v) is 10.6. The average Bonchev–Trinajstić information content (AvgIpc) is 2.30. The van der Waals surface area contributed by atoms with E-state index in [-0.39, 0.29) is 0 Å². The van der Waals surface area contributed by atoms with Crippen molar-refractivity contribution in [2.75, 3.05) is 6.54 Å². The highest BCUT2D eigenvalue weighted by atomic mass is 15.2. The quantitative estimate of drug-likeness (QED) is 0.556. The minimum Gasteiger partial charge on any atom is -0.358 e. The highest BCUT2D eigenvalue weighted by molar-refractivity contribution is 5.82. The number of hydrogen-bond donors (Lipinski definition) is 1. The van der Waals surface area contributed by atoms with Crippen molar-refractivity contribution in [1.29, 1.82) is 5.41 Å². The molecular weight excluding hydrogens is 184 g/mol. The van der Waals surface area contributed by atoms with Crippen molar-refractivity contribution in [3.63, 3.8) is 0 Å². The Morgan fingerprint density at radius 1 is 1.27 bits per heavy atom. The molecule has 0 aromatic rings. The first-order valence-corrected chi connectivity index (χ1v) is 6.55. The van der Waals surface area contributed by atoms with Gasteiger partial charge in [-0.3, -0.25) is 5.41 Å². The molecule has 1 saturated carbocycles. The summed E-state index contributed by atoms with van der Waals surface area (Å²) < 4.78 is 0. The van der Waals surface area contributed by atoms with Crippen LogP contribution in [0.5, 0.6) is 0 Å². The molecule has 0 spiro atoms. The number of hydrogen-bond acceptors (Lipinski definition) is 1. The van der Waals surface area contributed by atoms with Crippen LogP contribution in [-0.2, 0) is 0 Å². The molecule has 1 atom stereocenters. The molecular formula is C13H26N2. The van der Waals surface area contributed by atoms with Crippen molar-refractivity contribution in [2.24, 2.45) is 5.92 Å². The molecule has 0 aromatic heterocycles. The lowest BCUT2D eigenvalue weighted by molar-refractivity contribution is 0.299. The molecule has 1 aliphatic carbocycles. The molecule has 2 heteroatoms. The molecule has 0 aliphatic heterocycles. The van der Waals surface area contributed by atoms with Gasteiger partial charge >= 0.3 is 0 Å². The summed E-state index contributed by atoms with van der Waals surface area (Å²) in [6.45, 7) is 7.61. The molecule has 0 aromatic carbocycles. The monoisotopic (exact) mass is 210 g/mol. The van der Waals surface area contributed by atoms with Crippen molar-refractivity contribution in [1.82, 2.24) is 4.90 Å². The fourth-order valence-electron chi connectivity index (χ4n) is 2.55. The highest BCUT2D eigenvalue weighted by Gasteiger charge is 2.23. The van der Waals surface area contributed by atoms with Crippen LogP contribution < -0.4 is 0 Å². The zero-order valence-electron chi connectivity index (χ0n) is 10.6. The van der Waals surface area contributed by atoms with E-state index in [4.69, 9.17) is 5.41 Å². The highest BCUT2D eigenvalue weighted by Crippen LogP contribution is 2.26. The Morgan fingerprint density at radius 3 is 2.33 bits per heavy atom. The first-order valence-electron chi connectivity index (χ1n) is 6.55. The van der Waals surface area contributed by atoms with E-state index in [1.165, 1.54) is 32.1 Å². The second kappa shape index (κ2) is 6.14. The van der Waals surface area contributed by atoms with Gasteiger partial charge in [-0.25, -0.2) is 0 Å². The van der Waals surface area contributed by atoms with Crippen molar-refractivity contribution < 1.29 is 0 Å². The average molecular weight is 210 g/mol. The SMILES string of the molecule is CCC(C)N(CC)C(=N)C1CCCCC1. The van der Waals surface area contributed by atoms with Crippen molar-refractivity contribution >= 4 is 5.84 Å². The van der Waals surface area contributed by atoms with Gasteiger partial charge in [0.05, 0.1) is 5.84 Å². The molecule has 0 bridgehead atoms. The molecule has 15 heavy (non-hydrogen) atoms. The van der Waals surface area contributed by atoms with E-state index in [1.807, 2.05) is 0 Å². The Kier molecular flexibility index (Phi) is 5.13. The van der Waals surface area contributed by atoms with Crippen LogP contribution in [0, 0.1) is 11.3 Å². The number of nitrogens with one attached hydrogen (secondary N) is 1. The first-order chi connectivity index (χ1) is 7.20. The molecule has 1 aliphatic rings. The van der Waals surface area contributed by atoms with Crippen LogP contribution in [0.15, 0.2) is 0 Å². The van der Waals surface area contributed by atoms with E-state index >= 15 is 0 Å². The van der Waals surface area contributed by atoms with Crippen LogP contribution in [0.4, 0.5) is 0 Å². The fourth-order valence-corrected chi connectivity index (χ4v) is 2.55. The van der Waals surface area contributed by atoms with Gasteiger partial charge in [0.2, 0.25) is 0 Å². The Bertz CT molecular complexity index is 195. The predicted octanol–water partition coefficient (Wildman–Crippen LogP) is 3.66. The van der Waals surface area contributed by atoms with Crippen LogP contribution >= 0.6 is 0 Å². The van der Waals surface area contributed by atoms with Crippen molar-refractivity contribution in [2.45, 2.75) is 65.3 Å². The molecule has 0 radical (unpaired) electrons. The Morgan fingerprint density at radius 2 is 1.87 bits per heavy atom. The minimum absolute atomic E-state index is 0.532. The standard InChI is InChI=1S/C13H26N2/c1-4-11(3)15(5-2)13(14)12-9-7-6-8-10-12/h11-12,14H,4-10H2,1-3H3. The first kappa shape index (κ1) is 12.5. The Labute approximate surface area is 94.6 Å². The fraction of sp³-hybridized carbons (Fsp3) is 0.923. The summed E-state index contributed by atoms with van der Waals surface area (Å²) in [5, 5.41) is 8.30. The second-order valence-electron chi connectivity index (χ2n) is 4.76. The smallest absolute Gasteiger partial charge is 0.0991 e. The minimum atomic E-state index is 0.532. The third kappa shape index (κ3) is 3.22. The molecule has 2 nitrogen and oxygen atoms in total. The van der Waals surface area contributed by atoms with Gasteiger partial charge < -0.3 is 4.90 Å². The van der Waals surface area contributed by atoms with Gasteiger partial charge in [0.25, 0.3) is 0 Å². The maximum atomic E-state index is 8.30. The van der Waals surface area contributed by atoms with Crippen LogP contribution in [0.3, 0.4) is 0 Å². The van der Waals surface area contributed by atoms with E-state index in [0.717, 1.165) is 18.8 Å². The van der Waals surface area contributed by atoms with E-state index in [9.17, 15) is 0 Å². The van der Waals surface area contributed by atoms with Gasteiger partial charge in [-0.2, -0.15) is 0 Å². The molecule has 88 valence electrons. The third-order valence-electron chi connectivity index (χ3n) is 3.76. The van der Waals surface area contributed by atoms with Gasteiger partial charge in [-0.05, 0) is 33.1 Å². The van der Waals surface area contributed by atoms with E-state index < -0.39 is 0 Å².